The van der Waals surface area contributed by atoms with E-state index in [2.05, 4.69) is 26.0 Å². The molecule has 18 heavy (non-hydrogen) atoms. The molecule has 3 aromatic rings. The summed E-state index contributed by atoms with van der Waals surface area (Å²) in [6.45, 7) is 2.85. The quantitative estimate of drug-likeness (QED) is 0.758. The van der Waals surface area contributed by atoms with Gasteiger partial charge in [0.25, 0.3) is 0 Å². The number of aromatic nitrogens is 2. The molecule has 92 valence electrons. The van der Waals surface area contributed by atoms with Gasteiger partial charge in [0.15, 0.2) is 5.82 Å². The summed E-state index contributed by atoms with van der Waals surface area (Å²) in [4.78, 5) is 8.99. The fourth-order valence-corrected chi connectivity index (χ4v) is 3.02. The number of anilines is 3. The molecule has 0 fully saturated rings. The van der Waals surface area contributed by atoms with Crippen LogP contribution in [0, 0.1) is 0 Å². The summed E-state index contributed by atoms with van der Waals surface area (Å²) in [6, 6.07) is 4.06. The Morgan fingerprint density at radius 3 is 2.94 bits per heavy atom. The van der Waals surface area contributed by atoms with E-state index in [9.17, 15) is 0 Å². The van der Waals surface area contributed by atoms with Crippen LogP contribution in [0.25, 0.3) is 10.2 Å². The highest BCUT2D eigenvalue weighted by Gasteiger charge is 2.09. The van der Waals surface area contributed by atoms with E-state index < -0.39 is 0 Å². The predicted octanol–water partition coefficient (Wildman–Crippen LogP) is 3.93. The molecule has 0 unspecified atom stereocenters. The zero-order valence-corrected chi connectivity index (χ0v) is 11.4. The first-order valence-corrected chi connectivity index (χ1v) is 7.47. The molecule has 0 radical (unpaired) electrons. The van der Waals surface area contributed by atoms with Crippen molar-refractivity contribution >= 4 is 50.3 Å². The highest BCUT2D eigenvalue weighted by atomic mass is 32.1. The predicted molar refractivity (Wildman–Crippen MR) is 79.2 cm³/mol. The van der Waals surface area contributed by atoms with Crippen LogP contribution in [0.1, 0.15) is 6.92 Å². The lowest BCUT2D eigenvalue weighted by atomic mass is 10.4. The third kappa shape index (κ3) is 2.16. The summed E-state index contributed by atoms with van der Waals surface area (Å²) in [5.41, 5.74) is 2.04. The number of hydrogen-bond acceptors (Lipinski definition) is 6. The van der Waals surface area contributed by atoms with Crippen molar-refractivity contribution in [2.24, 2.45) is 0 Å². The van der Waals surface area contributed by atoms with Crippen LogP contribution in [0.5, 0.6) is 0 Å². The third-order valence-electron chi connectivity index (χ3n) is 2.42. The summed E-state index contributed by atoms with van der Waals surface area (Å²) < 4.78 is 1.09. The van der Waals surface area contributed by atoms with E-state index in [1.165, 1.54) is 0 Å². The minimum absolute atomic E-state index is 0.668. The Hall–Kier alpha value is -1.66. The molecule has 0 saturated carbocycles. The van der Waals surface area contributed by atoms with Gasteiger partial charge in [-0.2, -0.15) is 16.3 Å². The van der Waals surface area contributed by atoms with Crippen LogP contribution in [0.2, 0.25) is 0 Å². The monoisotopic (exact) mass is 276 g/mol. The Labute approximate surface area is 113 Å². The molecule has 0 aliphatic rings. The van der Waals surface area contributed by atoms with E-state index in [-0.39, 0.29) is 0 Å². The summed E-state index contributed by atoms with van der Waals surface area (Å²) >= 11 is 3.31. The fourth-order valence-electron chi connectivity index (χ4n) is 1.66. The molecule has 3 aromatic heterocycles. The average molecular weight is 276 g/mol. The molecular formula is C12H12N4S2. The smallest absolute Gasteiger partial charge is 0.225 e. The van der Waals surface area contributed by atoms with Gasteiger partial charge in [-0.05, 0) is 29.8 Å². The van der Waals surface area contributed by atoms with Gasteiger partial charge in [-0.15, -0.1) is 11.3 Å². The molecule has 0 aliphatic heterocycles. The van der Waals surface area contributed by atoms with E-state index in [4.69, 9.17) is 0 Å². The molecule has 0 aromatic carbocycles. The Bertz CT molecular complexity index is 645. The lowest BCUT2D eigenvalue weighted by molar-refractivity contribution is 1.11. The normalized spacial score (nSPS) is 10.7. The van der Waals surface area contributed by atoms with Gasteiger partial charge in [-0.3, -0.25) is 0 Å². The Morgan fingerprint density at radius 1 is 1.22 bits per heavy atom. The molecule has 6 heteroatoms. The average Bonchev–Trinajstić information content (AvgIpc) is 2.99. The number of thiophene rings is 2. The van der Waals surface area contributed by atoms with Gasteiger partial charge in [0.2, 0.25) is 5.95 Å². The maximum Gasteiger partial charge on any atom is 0.225 e. The molecule has 0 saturated heterocycles. The van der Waals surface area contributed by atoms with Crippen molar-refractivity contribution in [3.63, 3.8) is 0 Å². The highest BCUT2D eigenvalue weighted by Crippen LogP contribution is 2.29. The molecule has 2 N–H and O–H groups in total. The van der Waals surface area contributed by atoms with Gasteiger partial charge in [0, 0.05) is 11.9 Å². The molecule has 0 atom stereocenters. The SMILES string of the molecule is CCNc1nc(Nc2ccsc2)c2sccc2n1. The van der Waals surface area contributed by atoms with Gasteiger partial charge < -0.3 is 10.6 Å². The van der Waals surface area contributed by atoms with E-state index >= 15 is 0 Å². The first-order chi connectivity index (χ1) is 8.86. The standard InChI is InChI=1S/C12H12N4S2/c1-2-13-12-15-9-4-6-18-10(9)11(16-12)14-8-3-5-17-7-8/h3-7H,2H2,1H3,(H2,13,14,15,16). The third-order valence-corrected chi connectivity index (χ3v) is 4.02. The highest BCUT2D eigenvalue weighted by molar-refractivity contribution is 7.17. The second-order valence-corrected chi connectivity index (χ2v) is 5.39. The lowest BCUT2D eigenvalue weighted by Gasteiger charge is -2.07. The van der Waals surface area contributed by atoms with Gasteiger partial charge in [-0.1, -0.05) is 0 Å². The topological polar surface area (TPSA) is 49.8 Å². The van der Waals surface area contributed by atoms with Crippen LogP contribution in [0.4, 0.5) is 17.5 Å². The lowest BCUT2D eigenvalue weighted by Crippen LogP contribution is -2.04. The van der Waals surface area contributed by atoms with Crippen LogP contribution >= 0.6 is 22.7 Å². The van der Waals surface area contributed by atoms with Crippen molar-refractivity contribution in [1.82, 2.24) is 9.97 Å². The summed E-state index contributed by atoms with van der Waals surface area (Å²) in [7, 11) is 0. The number of rotatable bonds is 4. The maximum absolute atomic E-state index is 4.52. The van der Waals surface area contributed by atoms with Crippen LogP contribution in [0.3, 0.4) is 0 Å². The van der Waals surface area contributed by atoms with E-state index in [0.717, 1.165) is 28.3 Å². The molecule has 4 nitrogen and oxygen atoms in total. The number of nitrogens with zero attached hydrogens (tertiary/aromatic N) is 2. The van der Waals surface area contributed by atoms with Gasteiger partial charge in [-0.25, -0.2) is 4.98 Å². The van der Waals surface area contributed by atoms with Crippen LogP contribution in [-0.4, -0.2) is 16.5 Å². The minimum atomic E-state index is 0.668. The molecule has 0 aliphatic carbocycles. The fraction of sp³-hybridized carbons (Fsp3) is 0.167. The first kappa shape index (κ1) is 11.4. The van der Waals surface area contributed by atoms with Crippen molar-refractivity contribution in [2.45, 2.75) is 6.92 Å². The Balaban J connectivity index is 2.04. The summed E-state index contributed by atoms with van der Waals surface area (Å²) in [5, 5.41) is 12.6. The Kier molecular flexibility index (Phi) is 3.12. The second kappa shape index (κ2) is 4.91. The van der Waals surface area contributed by atoms with Crippen LogP contribution < -0.4 is 10.6 Å². The molecular weight excluding hydrogens is 264 g/mol. The van der Waals surface area contributed by atoms with E-state index in [1.54, 1.807) is 22.7 Å². The maximum atomic E-state index is 4.52. The number of nitrogens with one attached hydrogen (secondary N) is 2. The molecule has 0 amide bonds. The zero-order chi connectivity index (χ0) is 12.4. The summed E-state index contributed by atoms with van der Waals surface area (Å²) in [5.74, 6) is 1.53. The summed E-state index contributed by atoms with van der Waals surface area (Å²) in [6.07, 6.45) is 0. The second-order valence-electron chi connectivity index (χ2n) is 3.70. The molecule has 3 heterocycles. The van der Waals surface area contributed by atoms with Crippen molar-refractivity contribution in [3.05, 3.63) is 28.3 Å². The largest absolute Gasteiger partial charge is 0.354 e. The van der Waals surface area contributed by atoms with Crippen molar-refractivity contribution < 1.29 is 0 Å². The van der Waals surface area contributed by atoms with E-state index in [1.807, 2.05) is 29.8 Å². The number of fused-ring (bicyclic) bond motifs is 1. The molecule has 0 spiro atoms. The van der Waals surface area contributed by atoms with Gasteiger partial charge >= 0.3 is 0 Å². The van der Waals surface area contributed by atoms with Crippen molar-refractivity contribution in [3.8, 4) is 0 Å². The van der Waals surface area contributed by atoms with Crippen molar-refractivity contribution in [2.75, 3.05) is 17.2 Å². The Morgan fingerprint density at radius 2 is 2.17 bits per heavy atom. The first-order valence-electron chi connectivity index (χ1n) is 5.65. The number of hydrogen-bond donors (Lipinski definition) is 2. The van der Waals surface area contributed by atoms with E-state index in [0.29, 0.717) is 5.95 Å². The zero-order valence-electron chi connectivity index (χ0n) is 9.80. The van der Waals surface area contributed by atoms with Crippen LogP contribution in [0.15, 0.2) is 28.3 Å². The van der Waals surface area contributed by atoms with Gasteiger partial charge in [0.05, 0.1) is 15.9 Å². The molecule has 3 rings (SSSR count). The molecule has 0 bridgehead atoms. The van der Waals surface area contributed by atoms with Crippen LogP contribution in [-0.2, 0) is 0 Å². The van der Waals surface area contributed by atoms with Gasteiger partial charge in [0.1, 0.15) is 0 Å². The minimum Gasteiger partial charge on any atom is -0.354 e. The van der Waals surface area contributed by atoms with Crippen molar-refractivity contribution in [1.29, 1.82) is 0 Å².